The van der Waals surface area contributed by atoms with E-state index in [9.17, 15) is 18.0 Å². The molecule has 0 radical (unpaired) electrons. The fourth-order valence-electron chi connectivity index (χ4n) is 2.47. The molecule has 1 atom stereocenters. The highest BCUT2D eigenvalue weighted by Crippen LogP contribution is 2.33. The second-order valence-electron chi connectivity index (χ2n) is 6.88. The Hall–Kier alpha value is -2.88. The van der Waals surface area contributed by atoms with Gasteiger partial charge < -0.3 is 15.8 Å². The van der Waals surface area contributed by atoms with E-state index in [0.29, 0.717) is 17.6 Å². The van der Waals surface area contributed by atoms with Crippen molar-refractivity contribution in [2.24, 2.45) is 16.6 Å². The van der Waals surface area contributed by atoms with Crippen molar-refractivity contribution in [3.8, 4) is 5.88 Å². The number of hydrogen-bond acceptors (Lipinski definition) is 5. The number of carbonyl (C=O) groups excluding carboxylic acids is 1. The molecule has 30 heavy (non-hydrogen) atoms. The standard InChI is InChI=1S/C19H19ClF3N5O2/c1-10(9-30-18-14(20)7-13(8-26-18)19(21,22)23)27-16(24)12-4-5-25-15(6-12)28-17(29)11-2-3-11/h4-8,10-11H,2-3,9H2,1H3,(H2,24,27)(H,25,28,29)/t10-/m1/s1. The van der Waals surface area contributed by atoms with E-state index in [4.69, 9.17) is 22.1 Å². The monoisotopic (exact) mass is 441 g/mol. The van der Waals surface area contributed by atoms with Gasteiger partial charge in [0.1, 0.15) is 23.3 Å². The minimum atomic E-state index is -4.54. The van der Waals surface area contributed by atoms with E-state index in [-0.39, 0.29) is 35.2 Å². The van der Waals surface area contributed by atoms with Crippen LogP contribution >= 0.6 is 11.6 Å². The van der Waals surface area contributed by atoms with E-state index < -0.39 is 17.8 Å². The minimum Gasteiger partial charge on any atom is -0.474 e. The van der Waals surface area contributed by atoms with E-state index in [1.54, 1.807) is 19.1 Å². The van der Waals surface area contributed by atoms with Crippen LogP contribution in [-0.4, -0.2) is 34.4 Å². The van der Waals surface area contributed by atoms with Gasteiger partial charge in [-0.3, -0.25) is 9.79 Å². The second kappa shape index (κ2) is 8.86. The summed E-state index contributed by atoms with van der Waals surface area (Å²) in [4.78, 5) is 23.8. The predicted molar refractivity (Wildman–Crippen MR) is 106 cm³/mol. The maximum Gasteiger partial charge on any atom is 0.417 e. The lowest BCUT2D eigenvalue weighted by atomic mass is 10.2. The molecule has 0 aliphatic heterocycles. The first kappa shape index (κ1) is 21.8. The number of amides is 1. The van der Waals surface area contributed by atoms with Crippen molar-refractivity contribution in [1.82, 2.24) is 9.97 Å². The van der Waals surface area contributed by atoms with Gasteiger partial charge in [0.25, 0.3) is 0 Å². The molecular weight excluding hydrogens is 423 g/mol. The zero-order chi connectivity index (χ0) is 21.9. The van der Waals surface area contributed by atoms with Gasteiger partial charge in [-0.15, -0.1) is 0 Å². The minimum absolute atomic E-state index is 0.00482. The van der Waals surface area contributed by atoms with Crippen LogP contribution in [0.15, 0.2) is 35.6 Å². The number of rotatable bonds is 7. The van der Waals surface area contributed by atoms with E-state index in [1.165, 1.54) is 6.20 Å². The molecular formula is C19H19ClF3N5O2. The summed E-state index contributed by atoms with van der Waals surface area (Å²) in [5, 5.41) is 2.48. The van der Waals surface area contributed by atoms with Crippen LogP contribution in [0.1, 0.15) is 30.9 Å². The molecule has 1 saturated carbocycles. The number of carbonyl (C=O) groups is 1. The van der Waals surface area contributed by atoms with Gasteiger partial charge in [-0.1, -0.05) is 11.6 Å². The van der Waals surface area contributed by atoms with Gasteiger partial charge in [0, 0.05) is 23.9 Å². The molecule has 2 aromatic heterocycles. The first-order valence-electron chi connectivity index (χ1n) is 9.09. The van der Waals surface area contributed by atoms with Gasteiger partial charge in [0.15, 0.2) is 0 Å². The molecule has 7 nitrogen and oxygen atoms in total. The number of nitrogens with one attached hydrogen (secondary N) is 1. The lowest BCUT2D eigenvalue weighted by Crippen LogP contribution is -2.21. The Balaban J connectivity index is 1.60. The van der Waals surface area contributed by atoms with Crippen molar-refractivity contribution in [1.29, 1.82) is 0 Å². The van der Waals surface area contributed by atoms with Crippen molar-refractivity contribution in [3.63, 3.8) is 0 Å². The van der Waals surface area contributed by atoms with Crippen LogP contribution < -0.4 is 15.8 Å². The summed E-state index contributed by atoms with van der Waals surface area (Å²) in [5.41, 5.74) is 5.62. The van der Waals surface area contributed by atoms with E-state index >= 15 is 0 Å². The highest BCUT2D eigenvalue weighted by molar-refractivity contribution is 6.31. The van der Waals surface area contributed by atoms with Crippen molar-refractivity contribution in [2.75, 3.05) is 11.9 Å². The van der Waals surface area contributed by atoms with Crippen molar-refractivity contribution >= 4 is 29.2 Å². The van der Waals surface area contributed by atoms with Gasteiger partial charge in [-0.2, -0.15) is 13.2 Å². The molecule has 3 rings (SSSR count). The molecule has 2 heterocycles. The summed E-state index contributed by atoms with van der Waals surface area (Å²) in [6, 6.07) is 3.57. The molecule has 2 aromatic rings. The van der Waals surface area contributed by atoms with E-state index in [0.717, 1.165) is 18.9 Å². The summed E-state index contributed by atoms with van der Waals surface area (Å²) in [6.45, 7) is 1.71. The van der Waals surface area contributed by atoms with Crippen LogP contribution in [-0.2, 0) is 11.0 Å². The zero-order valence-electron chi connectivity index (χ0n) is 15.9. The van der Waals surface area contributed by atoms with Gasteiger partial charge in [-0.25, -0.2) is 9.97 Å². The third-order valence-electron chi connectivity index (χ3n) is 4.21. The summed E-state index contributed by atoms with van der Waals surface area (Å²) in [7, 11) is 0. The van der Waals surface area contributed by atoms with Crippen LogP contribution in [0.3, 0.4) is 0 Å². The van der Waals surface area contributed by atoms with Crippen LogP contribution in [0.2, 0.25) is 5.02 Å². The number of alkyl halides is 3. The first-order chi connectivity index (χ1) is 14.1. The Morgan fingerprint density at radius 1 is 1.40 bits per heavy atom. The molecule has 1 amide bonds. The van der Waals surface area contributed by atoms with Crippen LogP contribution in [0.25, 0.3) is 0 Å². The maximum atomic E-state index is 12.7. The molecule has 0 spiro atoms. The molecule has 1 aliphatic rings. The van der Waals surface area contributed by atoms with Crippen molar-refractivity contribution in [2.45, 2.75) is 32.0 Å². The second-order valence-corrected chi connectivity index (χ2v) is 7.28. The Labute approximate surface area is 175 Å². The van der Waals surface area contributed by atoms with Crippen molar-refractivity contribution in [3.05, 3.63) is 46.7 Å². The number of aliphatic imine (C=N–C) groups is 1. The zero-order valence-corrected chi connectivity index (χ0v) is 16.7. The van der Waals surface area contributed by atoms with E-state index in [1.807, 2.05) is 0 Å². The van der Waals surface area contributed by atoms with Crippen molar-refractivity contribution < 1.29 is 22.7 Å². The lowest BCUT2D eigenvalue weighted by Gasteiger charge is -2.13. The Morgan fingerprint density at radius 3 is 2.77 bits per heavy atom. The topological polar surface area (TPSA) is 102 Å². The summed E-state index contributed by atoms with van der Waals surface area (Å²) >= 11 is 5.82. The lowest BCUT2D eigenvalue weighted by molar-refractivity contribution is -0.137. The highest BCUT2D eigenvalue weighted by Gasteiger charge is 2.32. The molecule has 160 valence electrons. The predicted octanol–water partition coefficient (Wildman–Crippen LogP) is 3.67. The smallest absolute Gasteiger partial charge is 0.417 e. The van der Waals surface area contributed by atoms with E-state index in [2.05, 4.69) is 20.3 Å². The van der Waals surface area contributed by atoms with Crippen LogP contribution in [0.4, 0.5) is 19.0 Å². The molecule has 1 aliphatic carbocycles. The first-order valence-corrected chi connectivity index (χ1v) is 9.47. The summed E-state index contributed by atoms with van der Waals surface area (Å²) in [6.07, 6.45) is -0.622. The molecule has 0 bridgehead atoms. The third-order valence-corrected chi connectivity index (χ3v) is 4.48. The molecule has 0 unspecified atom stereocenters. The number of amidine groups is 1. The van der Waals surface area contributed by atoms with Crippen LogP contribution in [0, 0.1) is 5.92 Å². The Kier molecular flexibility index (Phi) is 6.45. The number of ether oxygens (including phenoxy) is 1. The number of aromatic nitrogens is 2. The number of hydrogen-bond donors (Lipinski definition) is 2. The molecule has 1 fully saturated rings. The number of anilines is 1. The Morgan fingerprint density at radius 2 is 2.13 bits per heavy atom. The normalized spacial score (nSPS) is 15.6. The molecule has 0 aromatic carbocycles. The largest absolute Gasteiger partial charge is 0.474 e. The quantitative estimate of drug-likeness (QED) is 0.504. The molecule has 11 heteroatoms. The van der Waals surface area contributed by atoms with Crippen LogP contribution in [0.5, 0.6) is 5.88 Å². The fraction of sp³-hybridized carbons (Fsp3) is 0.368. The third kappa shape index (κ3) is 5.82. The van der Waals surface area contributed by atoms with Gasteiger partial charge >= 0.3 is 6.18 Å². The average molecular weight is 442 g/mol. The molecule has 0 saturated heterocycles. The fourth-order valence-corrected chi connectivity index (χ4v) is 2.69. The number of halogens is 4. The summed E-state index contributed by atoms with van der Waals surface area (Å²) in [5.74, 6) is 0.426. The number of pyridine rings is 2. The number of nitrogens with zero attached hydrogens (tertiary/aromatic N) is 3. The van der Waals surface area contributed by atoms with Gasteiger partial charge in [0.2, 0.25) is 11.8 Å². The number of nitrogens with two attached hydrogens (primary N) is 1. The van der Waals surface area contributed by atoms with Gasteiger partial charge in [-0.05, 0) is 38.0 Å². The highest BCUT2D eigenvalue weighted by atomic mass is 35.5. The maximum absolute atomic E-state index is 12.7. The Bertz CT molecular complexity index is 963. The summed E-state index contributed by atoms with van der Waals surface area (Å²) < 4.78 is 43.4. The SMILES string of the molecule is C[C@H](COc1ncc(C(F)(F)F)cc1Cl)N=C(N)c1ccnc(NC(=O)C2CC2)c1. The molecule has 3 N–H and O–H groups in total. The average Bonchev–Trinajstić information content (AvgIpc) is 3.52. The van der Waals surface area contributed by atoms with Gasteiger partial charge in [0.05, 0.1) is 11.6 Å².